The number of methoxy groups -OCH3 is 1. The van der Waals surface area contributed by atoms with Gasteiger partial charge >= 0.3 is 0 Å². The van der Waals surface area contributed by atoms with Crippen molar-refractivity contribution >= 4 is 0 Å². The van der Waals surface area contributed by atoms with Gasteiger partial charge in [-0.2, -0.15) is 0 Å². The molecule has 0 saturated heterocycles. The first kappa shape index (κ1) is 27.7. The van der Waals surface area contributed by atoms with Gasteiger partial charge in [0.25, 0.3) is 0 Å². The van der Waals surface area contributed by atoms with E-state index in [0.717, 1.165) is 19.3 Å². The lowest BCUT2D eigenvalue weighted by Gasteiger charge is -2.26. The lowest BCUT2D eigenvalue weighted by Crippen LogP contribution is -2.30. The molecule has 2 aliphatic carbocycles. The van der Waals surface area contributed by atoms with Gasteiger partial charge in [-0.15, -0.1) is 0 Å². The molecule has 6 atom stereocenters. The molecule has 4 nitrogen and oxygen atoms in total. The van der Waals surface area contributed by atoms with E-state index >= 15 is 0 Å². The van der Waals surface area contributed by atoms with Crippen molar-refractivity contribution in [3.8, 4) is 0 Å². The highest BCUT2D eigenvalue weighted by Crippen LogP contribution is 2.50. The summed E-state index contributed by atoms with van der Waals surface area (Å²) in [6.45, 7) is 12.9. The van der Waals surface area contributed by atoms with Crippen LogP contribution in [0.4, 0.5) is 8.78 Å². The van der Waals surface area contributed by atoms with Gasteiger partial charge in [-0.3, -0.25) is 0 Å². The molecule has 1 N–H and O–H groups in total. The van der Waals surface area contributed by atoms with Crippen molar-refractivity contribution in [1.82, 2.24) is 0 Å². The van der Waals surface area contributed by atoms with Crippen molar-refractivity contribution in [2.24, 2.45) is 11.8 Å². The Balaban J connectivity index is 0.000000325. The zero-order valence-corrected chi connectivity index (χ0v) is 20.4. The van der Waals surface area contributed by atoms with Gasteiger partial charge in [-0.25, -0.2) is 8.78 Å². The first-order valence-electron chi connectivity index (χ1n) is 11.7. The Kier molecular flexibility index (Phi) is 10.7. The summed E-state index contributed by atoms with van der Waals surface area (Å²) in [6, 6.07) is 0. The topological polar surface area (TPSA) is 47.9 Å². The molecule has 0 aromatic carbocycles. The van der Waals surface area contributed by atoms with Crippen LogP contribution in [0.3, 0.4) is 0 Å². The van der Waals surface area contributed by atoms with E-state index in [1.54, 1.807) is 14.0 Å². The standard InChI is InChI=1S/C14H27FO3.C10H19FO/c1-5-12-9-13(3,10-14(12,15)6-2)18-11-17-8-7-16-4;1-4-8-6-9(3,12)7-10(8,11)5-2/h12H,5-11H2,1-4H3;8,12H,4-7H2,1-3H3. The number of halogens is 2. The minimum absolute atomic E-state index is 0.0532. The molecule has 2 fully saturated rings. The van der Waals surface area contributed by atoms with E-state index in [0.29, 0.717) is 45.3 Å². The summed E-state index contributed by atoms with van der Waals surface area (Å²) in [5.74, 6) is 0.156. The Morgan fingerprint density at radius 2 is 1.40 bits per heavy atom. The molecule has 0 aromatic heterocycles. The number of ether oxygens (including phenoxy) is 3. The van der Waals surface area contributed by atoms with Crippen LogP contribution in [-0.2, 0) is 14.2 Å². The molecule has 0 bridgehead atoms. The summed E-state index contributed by atoms with van der Waals surface area (Å²) in [5, 5.41) is 9.72. The van der Waals surface area contributed by atoms with Gasteiger partial charge in [0.15, 0.2) is 0 Å². The fraction of sp³-hybridized carbons (Fsp3) is 1.00. The van der Waals surface area contributed by atoms with Gasteiger partial charge in [-0.05, 0) is 51.4 Å². The zero-order valence-electron chi connectivity index (χ0n) is 20.4. The second-order valence-corrected chi connectivity index (χ2v) is 9.86. The zero-order chi connectivity index (χ0) is 23.1. The molecule has 0 spiro atoms. The summed E-state index contributed by atoms with van der Waals surface area (Å²) >= 11 is 0. The lowest BCUT2D eigenvalue weighted by atomic mass is 9.88. The smallest absolute Gasteiger partial charge is 0.147 e. The van der Waals surface area contributed by atoms with Gasteiger partial charge in [-0.1, -0.05) is 40.5 Å². The van der Waals surface area contributed by atoms with E-state index in [2.05, 4.69) is 6.92 Å². The van der Waals surface area contributed by atoms with Gasteiger partial charge in [0.05, 0.1) is 24.4 Å². The average molecular weight is 437 g/mol. The van der Waals surface area contributed by atoms with Crippen LogP contribution in [0.2, 0.25) is 0 Å². The number of hydrogen-bond donors (Lipinski definition) is 1. The molecule has 0 heterocycles. The molecule has 0 amide bonds. The fourth-order valence-electron chi connectivity index (χ4n) is 5.45. The normalized spacial score (nSPS) is 41.0. The molecule has 180 valence electrons. The van der Waals surface area contributed by atoms with Crippen molar-refractivity contribution in [2.75, 3.05) is 27.1 Å². The van der Waals surface area contributed by atoms with Crippen LogP contribution in [-0.4, -0.2) is 54.8 Å². The van der Waals surface area contributed by atoms with Crippen molar-refractivity contribution in [1.29, 1.82) is 0 Å². The number of alkyl halides is 2. The van der Waals surface area contributed by atoms with Crippen molar-refractivity contribution < 1.29 is 28.1 Å². The predicted octanol–water partition coefficient (Wildman–Crippen LogP) is 6.00. The van der Waals surface area contributed by atoms with Crippen LogP contribution in [0.5, 0.6) is 0 Å². The van der Waals surface area contributed by atoms with Crippen LogP contribution in [0.1, 0.15) is 92.9 Å². The molecule has 2 aliphatic rings. The number of aliphatic hydroxyl groups is 1. The van der Waals surface area contributed by atoms with Crippen LogP contribution in [0, 0.1) is 11.8 Å². The maximum Gasteiger partial charge on any atom is 0.147 e. The van der Waals surface area contributed by atoms with Crippen LogP contribution < -0.4 is 0 Å². The van der Waals surface area contributed by atoms with Crippen LogP contribution in [0.15, 0.2) is 0 Å². The summed E-state index contributed by atoms with van der Waals surface area (Å²) in [5.41, 5.74) is -3.35. The second-order valence-electron chi connectivity index (χ2n) is 9.86. The van der Waals surface area contributed by atoms with Gasteiger partial charge < -0.3 is 19.3 Å². The monoisotopic (exact) mass is 436 g/mol. The van der Waals surface area contributed by atoms with E-state index < -0.39 is 22.5 Å². The van der Waals surface area contributed by atoms with E-state index in [1.807, 2.05) is 27.7 Å². The van der Waals surface area contributed by atoms with Crippen molar-refractivity contribution in [3.05, 3.63) is 0 Å². The van der Waals surface area contributed by atoms with Crippen molar-refractivity contribution in [3.63, 3.8) is 0 Å². The summed E-state index contributed by atoms with van der Waals surface area (Å²) < 4.78 is 44.7. The third-order valence-electron chi connectivity index (χ3n) is 7.25. The fourth-order valence-corrected chi connectivity index (χ4v) is 5.45. The Morgan fingerprint density at radius 1 is 0.867 bits per heavy atom. The van der Waals surface area contributed by atoms with E-state index in [-0.39, 0.29) is 18.6 Å². The molecule has 2 rings (SSSR count). The molecule has 0 radical (unpaired) electrons. The van der Waals surface area contributed by atoms with Crippen LogP contribution >= 0.6 is 0 Å². The third-order valence-corrected chi connectivity index (χ3v) is 7.25. The Morgan fingerprint density at radius 3 is 1.83 bits per heavy atom. The Bertz CT molecular complexity index is 504. The SMILES string of the molecule is CCC1CC(C)(O)CC1(F)CC.CCC1CC(C)(OCOCCOC)CC1(F)CC. The Labute approximate surface area is 183 Å². The molecule has 2 saturated carbocycles. The van der Waals surface area contributed by atoms with E-state index in [9.17, 15) is 13.9 Å². The molecular formula is C24H46F2O4. The molecule has 6 heteroatoms. The third kappa shape index (κ3) is 7.39. The van der Waals surface area contributed by atoms with Gasteiger partial charge in [0.2, 0.25) is 0 Å². The Hall–Kier alpha value is -0.300. The highest BCUT2D eigenvalue weighted by Gasteiger charge is 2.52. The molecule has 0 aliphatic heterocycles. The van der Waals surface area contributed by atoms with Crippen molar-refractivity contribution in [2.45, 2.75) is 115 Å². The molecule has 0 aromatic rings. The average Bonchev–Trinajstić information content (AvgIpc) is 3.11. The first-order valence-corrected chi connectivity index (χ1v) is 11.7. The minimum atomic E-state index is -1.11. The summed E-state index contributed by atoms with van der Waals surface area (Å²) in [4.78, 5) is 0. The van der Waals surface area contributed by atoms with Crippen LogP contribution in [0.25, 0.3) is 0 Å². The minimum Gasteiger partial charge on any atom is -0.390 e. The quantitative estimate of drug-likeness (QED) is 0.337. The highest BCUT2D eigenvalue weighted by molar-refractivity contribution is 5.03. The lowest BCUT2D eigenvalue weighted by molar-refractivity contribution is -0.141. The number of hydrogen-bond acceptors (Lipinski definition) is 4. The first-order chi connectivity index (χ1) is 13.9. The van der Waals surface area contributed by atoms with E-state index in [4.69, 9.17) is 14.2 Å². The second kappa shape index (κ2) is 11.5. The number of rotatable bonds is 10. The predicted molar refractivity (Wildman–Crippen MR) is 117 cm³/mol. The maximum absolute atomic E-state index is 14.7. The maximum atomic E-state index is 14.7. The largest absolute Gasteiger partial charge is 0.390 e. The summed E-state index contributed by atoms with van der Waals surface area (Å²) in [7, 11) is 1.63. The summed E-state index contributed by atoms with van der Waals surface area (Å²) in [6.07, 6.45) is 4.98. The van der Waals surface area contributed by atoms with E-state index in [1.165, 1.54) is 0 Å². The van der Waals surface area contributed by atoms with Gasteiger partial charge in [0.1, 0.15) is 18.1 Å². The van der Waals surface area contributed by atoms with Gasteiger partial charge in [0, 0.05) is 20.0 Å². The molecule has 6 unspecified atom stereocenters. The highest BCUT2D eigenvalue weighted by atomic mass is 19.1. The molecular weight excluding hydrogens is 390 g/mol. The molecule has 30 heavy (non-hydrogen) atoms.